The maximum Gasteiger partial charge on any atom is 0.215 e. The van der Waals surface area contributed by atoms with Gasteiger partial charge in [0.05, 0.1) is 17.4 Å². The molecule has 7 heteroatoms. The zero-order chi connectivity index (χ0) is 13.8. The third-order valence-corrected chi connectivity index (χ3v) is 4.56. The van der Waals surface area contributed by atoms with Crippen LogP contribution in [0.4, 0.5) is 5.69 Å². The highest BCUT2D eigenvalue weighted by atomic mass is 79.9. The fraction of sp³-hybridized carbons (Fsp3) is 0.364. The quantitative estimate of drug-likeness (QED) is 0.889. The molecule has 0 aliphatic heterocycles. The van der Waals surface area contributed by atoms with Crippen LogP contribution in [0.2, 0.25) is 0 Å². The smallest absolute Gasteiger partial charge is 0.215 e. The highest BCUT2D eigenvalue weighted by Gasteiger charge is 2.12. The summed E-state index contributed by atoms with van der Waals surface area (Å²) in [4.78, 5) is 0. The number of nitrogens with zero attached hydrogens (tertiary/aromatic N) is 2. The number of anilines is 1. The summed E-state index contributed by atoms with van der Waals surface area (Å²) in [6.07, 6.45) is 0. The van der Waals surface area contributed by atoms with Crippen molar-refractivity contribution in [1.82, 2.24) is 4.31 Å². The first kappa shape index (κ1) is 15.0. The minimum atomic E-state index is -3.20. The first-order valence-electron chi connectivity index (χ1n) is 5.20. The Hall–Kier alpha value is -1.10. The standard InChI is InChI=1S/C11H14BrN3O2S/c1-15(2)18(16,17)4-3-14-11-6-9(8-13)5-10(12)7-11/h5-7,14H,3-4H2,1-2H3. The Bertz CT molecular complexity index is 564. The summed E-state index contributed by atoms with van der Waals surface area (Å²) in [5.41, 5.74) is 1.23. The van der Waals surface area contributed by atoms with Gasteiger partial charge in [-0.25, -0.2) is 12.7 Å². The summed E-state index contributed by atoms with van der Waals surface area (Å²) >= 11 is 3.29. The third kappa shape index (κ3) is 4.29. The number of hydrogen-bond acceptors (Lipinski definition) is 4. The molecule has 0 atom stereocenters. The van der Waals surface area contributed by atoms with E-state index in [1.807, 2.05) is 6.07 Å². The number of rotatable bonds is 5. The molecule has 0 saturated carbocycles. The van der Waals surface area contributed by atoms with Gasteiger partial charge < -0.3 is 5.32 Å². The predicted molar refractivity (Wildman–Crippen MR) is 74.8 cm³/mol. The predicted octanol–water partition coefficient (Wildman–Crippen LogP) is 1.62. The van der Waals surface area contributed by atoms with Crippen LogP contribution in [0.5, 0.6) is 0 Å². The Morgan fingerprint density at radius 1 is 1.39 bits per heavy atom. The van der Waals surface area contributed by atoms with Gasteiger partial charge in [-0.3, -0.25) is 0 Å². The molecule has 0 aliphatic rings. The number of hydrogen-bond donors (Lipinski definition) is 1. The molecule has 0 aromatic heterocycles. The van der Waals surface area contributed by atoms with E-state index in [1.54, 1.807) is 18.2 Å². The molecule has 0 aliphatic carbocycles. The van der Waals surface area contributed by atoms with Crippen molar-refractivity contribution in [2.75, 3.05) is 31.7 Å². The van der Waals surface area contributed by atoms with Gasteiger partial charge in [-0.1, -0.05) is 15.9 Å². The summed E-state index contributed by atoms with van der Waals surface area (Å²) in [6, 6.07) is 7.20. The van der Waals surface area contributed by atoms with E-state index in [4.69, 9.17) is 5.26 Å². The fourth-order valence-electron chi connectivity index (χ4n) is 1.26. The van der Waals surface area contributed by atoms with Crippen molar-refractivity contribution in [1.29, 1.82) is 5.26 Å². The van der Waals surface area contributed by atoms with Gasteiger partial charge in [0.25, 0.3) is 0 Å². The molecule has 0 fully saturated rings. The largest absolute Gasteiger partial charge is 0.384 e. The Labute approximate surface area is 116 Å². The molecule has 1 aromatic rings. The molecular weight excluding hydrogens is 318 g/mol. The molecule has 0 radical (unpaired) electrons. The molecular formula is C11H14BrN3O2S. The van der Waals surface area contributed by atoms with E-state index in [-0.39, 0.29) is 5.75 Å². The number of nitrogens with one attached hydrogen (secondary N) is 1. The van der Waals surface area contributed by atoms with Gasteiger partial charge in [-0.15, -0.1) is 0 Å². The molecule has 98 valence electrons. The maximum atomic E-state index is 11.5. The molecule has 0 saturated heterocycles. The monoisotopic (exact) mass is 331 g/mol. The first-order valence-corrected chi connectivity index (χ1v) is 7.60. The van der Waals surface area contributed by atoms with Gasteiger partial charge in [0.1, 0.15) is 0 Å². The van der Waals surface area contributed by atoms with Gasteiger partial charge in [0.15, 0.2) is 0 Å². The minimum absolute atomic E-state index is 0.00833. The number of nitriles is 1. The van der Waals surface area contributed by atoms with Gasteiger partial charge in [-0.05, 0) is 18.2 Å². The molecule has 1 N–H and O–H groups in total. The number of halogens is 1. The van der Waals surface area contributed by atoms with Crippen LogP contribution in [-0.2, 0) is 10.0 Å². The van der Waals surface area contributed by atoms with E-state index in [1.165, 1.54) is 18.4 Å². The summed E-state index contributed by atoms with van der Waals surface area (Å²) in [5, 5.41) is 11.8. The van der Waals surface area contributed by atoms with Crippen LogP contribution in [0.25, 0.3) is 0 Å². The summed E-state index contributed by atoms with van der Waals surface area (Å²) in [7, 11) is -0.196. The van der Waals surface area contributed by atoms with E-state index in [2.05, 4.69) is 21.2 Å². The van der Waals surface area contributed by atoms with E-state index in [9.17, 15) is 8.42 Å². The zero-order valence-corrected chi connectivity index (χ0v) is 12.5. The molecule has 0 bridgehead atoms. The summed E-state index contributed by atoms with van der Waals surface area (Å²) in [6.45, 7) is 0.293. The third-order valence-electron chi connectivity index (χ3n) is 2.27. The van der Waals surface area contributed by atoms with Crippen molar-refractivity contribution < 1.29 is 8.42 Å². The zero-order valence-electron chi connectivity index (χ0n) is 10.1. The lowest BCUT2D eigenvalue weighted by Crippen LogP contribution is -2.28. The van der Waals surface area contributed by atoms with Crippen molar-refractivity contribution in [3.8, 4) is 6.07 Å². The maximum absolute atomic E-state index is 11.5. The van der Waals surface area contributed by atoms with E-state index < -0.39 is 10.0 Å². The first-order chi connectivity index (χ1) is 8.35. The van der Waals surface area contributed by atoms with Gasteiger partial charge >= 0.3 is 0 Å². The van der Waals surface area contributed by atoms with Crippen molar-refractivity contribution in [2.24, 2.45) is 0 Å². The lowest BCUT2D eigenvalue weighted by atomic mass is 10.2. The molecule has 18 heavy (non-hydrogen) atoms. The highest BCUT2D eigenvalue weighted by Crippen LogP contribution is 2.19. The van der Waals surface area contributed by atoms with Crippen molar-refractivity contribution in [3.05, 3.63) is 28.2 Å². The van der Waals surface area contributed by atoms with Crippen LogP contribution < -0.4 is 5.32 Å². The van der Waals surface area contributed by atoms with Crippen LogP contribution in [0.3, 0.4) is 0 Å². The van der Waals surface area contributed by atoms with Crippen LogP contribution in [0.1, 0.15) is 5.56 Å². The average Bonchev–Trinajstić information content (AvgIpc) is 2.27. The normalized spacial score (nSPS) is 11.3. The molecule has 0 heterocycles. The van der Waals surface area contributed by atoms with E-state index in [0.717, 1.165) is 10.2 Å². The van der Waals surface area contributed by atoms with E-state index in [0.29, 0.717) is 12.1 Å². The second-order valence-electron chi connectivity index (χ2n) is 3.87. The van der Waals surface area contributed by atoms with Crippen LogP contribution >= 0.6 is 15.9 Å². The molecule has 5 nitrogen and oxygen atoms in total. The van der Waals surface area contributed by atoms with Crippen LogP contribution in [0.15, 0.2) is 22.7 Å². The average molecular weight is 332 g/mol. The van der Waals surface area contributed by atoms with E-state index >= 15 is 0 Å². The summed E-state index contributed by atoms with van der Waals surface area (Å²) in [5.74, 6) is 0.00833. The Kier molecular flexibility index (Phi) is 5.14. The molecule has 0 amide bonds. The lowest BCUT2D eigenvalue weighted by Gasteiger charge is -2.12. The molecule has 1 aromatic carbocycles. The second kappa shape index (κ2) is 6.18. The molecule has 1 rings (SSSR count). The number of sulfonamides is 1. The Morgan fingerprint density at radius 2 is 2.06 bits per heavy atom. The Balaban J connectivity index is 2.66. The highest BCUT2D eigenvalue weighted by molar-refractivity contribution is 9.10. The second-order valence-corrected chi connectivity index (χ2v) is 7.08. The van der Waals surface area contributed by atoms with Crippen LogP contribution in [0, 0.1) is 11.3 Å². The fourth-order valence-corrected chi connectivity index (χ4v) is 2.48. The SMILES string of the molecule is CN(C)S(=O)(=O)CCNc1cc(Br)cc(C#N)c1. The minimum Gasteiger partial charge on any atom is -0.384 e. The van der Waals surface area contributed by atoms with Crippen LogP contribution in [-0.4, -0.2) is 39.1 Å². The van der Waals surface area contributed by atoms with Gasteiger partial charge in [0.2, 0.25) is 10.0 Å². The lowest BCUT2D eigenvalue weighted by molar-refractivity contribution is 0.521. The van der Waals surface area contributed by atoms with Crippen molar-refractivity contribution >= 4 is 31.6 Å². The Morgan fingerprint density at radius 3 is 2.61 bits per heavy atom. The van der Waals surface area contributed by atoms with Crippen molar-refractivity contribution in [3.63, 3.8) is 0 Å². The molecule has 0 unspecified atom stereocenters. The molecule has 0 spiro atoms. The topological polar surface area (TPSA) is 73.2 Å². The summed E-state index contributed by atoms with van der Waals surface area (Å²) < 4.78 is 25.0. The van der Waals surface area contributed by atoms with Crippen molar-refractivity contribution in [2.45, 2.75) is 0 Å². The number of benzene rings is 1. The van der Waals surface area contributed by atoms with Gasteiger partial charge in [-0.2, -0.15) is 5.26 Å². The van der Waals surface area contributed by atoms with Gasteiger partial charge in [0, 0.05) is 30.8 Å².